The Bertz CT molecular complexity index is 463. The quantitative estimate of drug-likeness (QED) is 0.158. The van der Waals surface area contributed by atoms with Crippen LogP contribution in [0.25, 0.3) is 0 Å². The molecule has 0 aliphatic heterocycles. The topological polar surface area (TPSA) is 63.6 Å². The number of carbonyl (C=O) groups excluding carboxylic acids is 2. The summed E-state index contributed by atoms with van der Waals surface area (Å²) in [6.45, 7) is 3.37. The van der Waals surface area contributed by atoms with E-state index >= 15 is 0 Å². The SMILES string of the molecule is CCCCC/C=C\C/C=C\CCCCC/C=C/C(=O)C[C@H](O)COC(C)=O. The third kappa shape index (κ3) is 20.5. The van der Waals surface area contributed by atoms with E-state index in [-0.39, 0.29) is 18.8 Å². The zero-order chi connectivity index (χ0) is 20.2. The minimum atomic E-state index is -0.927. The highest BCUT2D eigenvalue weighted by Gasteiger charge is 2.09. The molecule has 0 radical (unpaired) electrons. The highest BCUT2D eigenvalue weighted by Crippen LogP contribution is 2.06. The Hall–Kier alpha value is -1.68. The maximum Gasteiger partial charge on any atom is 0.302 e. The highest BCUT2D eigenvalue weighted by molar-refractivity contribution is 5.89. The third-order valence-electron chi connectivity index (χ3n) is 4.04. The molecule has 0 saturated heterocycles. The van der Waals surface area contributed by atoms with Crippen LogP contribution in [0, 0.1) is 0 Å². The van der Waals surface area contributed by atoms with Gasteiger partial charge in [0, 0.05) is 13.3 Å². The molecular weight excluding hydrogens is 340 g/mol. The van der Waals surface area contributed by atoms with E-state index in [1.165, 1.54) is 45.1 Å². The van der Waals surface area contributed by atoms with Crippen molar-refractivity contribution in [1.82, 2.24) is 0 Å². The van der Waals surface area contributed by atoms with E-state index in [0.717, 1.165) is 32.1 Å². The van der Waals surface area contributed by atoms with E-state index in [9.17, 15) is 14.7 Å². The number of ketones is 1. The first-order valence-electron chi connectivity index (χ1n) is 10.4. The zero-order valence-electron chi connectivity index (χ0n) is 17.2. The van der Waals surface area contributed by atoms with Crippen LogP contribution >= 0.6 is 0 Å². The van der Waals surface area contributed by atoms with Crippen molar-refractivity contribution in [3.8, 4) is 0 Å². The molecule has 0 fully saturated rings. The van der Waals surface area contributed by atoms with Gasteiger partial charge in [0.15, 0.2) is 5.78 Å². The Morgan fingerprint density at radius 2 is 1.48 bits per heavy atom. The molecule has 4 heteroatoms. The molecule has 27 heavy (non-hydrogen) atoms. The maximum absolute atomic E-state index is 11.6. The lowest BCUT2D eigenvalue weighted by atomic mass is 10.1. The Balaban J connectivity index is 3.52. The molecule has 0 amide bonds. The van der Waals surface area contributed by atoms with Crippen molar-refractivity contribution in [2.75, 3.05) is 6.61 Å². The van der Waals surface area contributed by atoms with E-state index in [1.54, 1.807) is 0 Å². The minimum Gasteiger partial charge on any atom is -0.463 e. The van der Waals surface area contributed by atoms with Crippen LogP contribution in [0.15, 0.2) is 36.5 Å². The van der Waals surface area contributed by atoms with Gasteiger partial charge in [-0.15, -0.1) is 0 Å². The smallest absolute Gasteiger partial charge is 0.302 e. The second kappa shape index (κ2) is 19.1. The van der Waals surface area contributed by atoms with Gasteiger partial charge < -0.3 is 9.84 Å². The van der Waals surface area contributed by atoms with Crippen molar-refractivity contribution in [2.45, 2.75) is 90.6 Å². The highest BCUT2D eigenvalue weighted by atomic mass is 16.5. The number of allylic oxidation sites excluding steroid dienone is 6. The number of ether oxygens (including phenoxy) is 1. The summed E-state index contributed by atoms with van der Waals surface area (Å²) in [7, 11) is 0. The fourth-order valence-electron chi connectivity index (χ4n) is 2.51. The lowest BCUT2D eigenvalue weighted by Crippen LogP contribution is -2.20. The molecule has 4 nitrogen and oxygen atoms in total. The second-order valence-corrected chi connectivity index (χ2v) is 6.84. The summed E-state index contributed by atoms with van der Waals surface area (Å²) >= 11 is 0. The third-order valence-corrected chi connectivity index (χ3v) is 4.04. The van der Waals surface area contributed by atoms with Gasteiger partial charge in [-0.3, -0.25) is 9.59 Å². The molecule has 0 bridgehead atoms. The van der Waals surface area contributed by atoms with Crippen LogP contribution in [0.3, 0.4) is 0 Å². The van der Waals surface area contributed by atoms with Gasteiger partial charge in [-0.25, -0.2) is 0 Å². The summed E-state index contributed by atoms with van der Waals surface area (Å²) < 4.78 is 4.66. The molecule has 0 spiro atoms. The number of aliphatic hydroxyl groups excluding tert-OH is 1. The predicted octanol–water partition coefficient (Wildman–Crippen LogP) is 5.46. The second-order valence-electron chi connectivity index (χ2n) is 6.84. The van der Waals surface area contributed by atoms with Crippen LogP contribution in [-0.4, -0.2) is 29.6 Å². The zero-order valence-corrected chi connectivity index (χ0v) is 17.2. The first kappa shape index (κ1) is 25.3. The predicted molar refractivity (Wildman–Crippen MR) is 112 cm³/mol. The van der Waals surface area contributed by atoms with Crippen molar-refractivity contribution in [3.05, 3.63) is 36.5 Å². The van der Waals surface area contributed by atoms with E-state index < -0.39 is 12.1 Å². The number of aliphatic hydroxyl groups is 1. The number of carbonyl (C=O) groups is 2. The van der Waals surface area contributed by atoms with Crippen molar-refractivity contribution in [3.63, 3.8) is 0 Å². The number of hydrogen-bond acceptors (Lipinski definition) is 4. The Kier molecular flexibility index (Phi) is 17.9. The molecule has 0 aromatic carbocycles. The first-order chi connectivity index (χ1) is 13.1. The summed E-state index contributed by atoms with van der Waals surface area (Å²) in [4.78, 5) is 22.3. The molecule has 0 saturated carbocycles. The lowest BCUT2D eigenvalue weighted by molar-refractivity contribution is -0.144. The summed E-state index contributed by atoms with van der Waals surface area (Å²) in [5, 5.41) is 9.55. The van der Waals surface area contributed by atoms with Crippen molar-refractivity contribution in [1.29, 1.82) is 0 Å². The molecule has 0 heterocycles. The van der Waals surface area contributed by atoms with Gasteiger partial charge in [-0.2, -0.15) is 0 Å². The van der Waals surface area contributed by atoms with Gasteiger partial charge in [0.25, 0.3) is 0 Å². The molecule has 1 N–H and O–H groups in total. The van der Waals surface area contributed by atoms with Crippen LogP contribution in [0.2, 0.25) is 0 Å². The van der Waals surface area contributed by atoms with Crippen LogP contribution in [0.1, 0.15) is 84.5 Å². The van der Waals surface area contributed by atoms with E-state index in [0.29, 0.717) is 0 Å². The summed E-state index contributed by atoms with van der Waals surface area (Å²) in [5.74, 6) is -0.592. The number of hydrogen-bond donors (Lipinski definition) is 1. The Morgan fingerprint density at radius 3 is 2.07 bits per heavy atom. The molecule has 1 atom stereocenters. The monoisotopic (exact) mass is 378 g/mol. The standard InChI is InChI=1S/C23H38O4/c1-3-4-5-6-7-8-9-10-11-12-13-14-15-16-17-18-22(25)19-23(26)20-27-21(2)24/h7-8,10-11,17-18,23,26H,3-6,9,12-16,19-20H2,1-2H3/b8-7-,11-10-,18-17+/t23-/m0/s1. The normalized spacial score (nSPS) is 13.0. The molecular formula is C23H38O4. The average Bonchev–Trinajstić information content (AvgIpc) is 2.63. The van der Waals surface area contributed by atoms with Gasteiger partial charge in [-0.05, 0) is 51.0 Å². The van der Waals surface area contributed by atoms with Crippen molar-refractivity contribution >= 4 is 11.8 Å². The van der Waals surface area contributed by atoms with E-state index in [2.05, 4.69) is 36.0 Å². The molecule has 0 rings (SSSR count). The molecule has 154 valence electrons. The maximum atomic E-state index is 11.6. The first-order valence-corrected chi connectivity index (χ1v) is 10.4. The van der Waals surface area contributed by atoms with Crippen molar-refractivity contribution in [2.24, 2.45) is 0 Å². The summed E-state index contributed by atoms with van der Waals surface area (Å²) in [5.41, 5.74) is 0. The van der Waals surface area contributed by atoms with Gasteiger partial charge in [0.1, 0.15) is 6.61 Å². The number of rotatable bonds is 17. The van der Waals surface area contributed by atoms with E-state index in [4.69, 9.17) is 0 Å². The van der Waals surface area contributed by atoms with Crippen LogP contribution < -0.4 is 0 Å². The molecule has 0 aromatic rings. The van der Waals surface area contributed by atoms with Gasteiger partial charge in [-0.1, -0.05) is 56.6 Å². The van der Waals surface area contributed by atoms with E-state index in [1.807, 2.05) is 6.08 Å². The Morgan fingerprint density at radius 1 is 0.889 bits per heavy atom. The summed E-state index contributed by atoms with van der Waals surface area (Å²) in [6.07, 6.45) is 22.9. The van der Waals surface area contributed by atoms with Crippen LogP contribution in [0.4, 0.5) is 0 Å². The Labute approximate surface area is 165 Å². The van der Waals surface area contributed by atoms with Crippen LogP contribution in [0.5, 0.6) is 0 Å². The van der Waals surface area contributed by atoms with Crippen molar-refractivity contribution < 1.29 is 19.4 Å². The largest absolute Gasteiger partial charge is 0.463 e. The average molecular weight is 379 g/mol. The molecule has 0 aliphatic rings. The lowest BCUT2D eigenvalue weighted by Gasteiger charge is -2.07. The fourth-order valence-corrected chi connectivity index (χ4v) is 2.51. The van der Waals surface area contributed by atoms with Gasteiger partial charge in [0.05, 0.1) is 6.10 Å². The minimum absolute atomic E-state index is 0.0123. The number of unbranched alkanes of at least 4 members (excludes halogenated alkanes) is 7. The fraction of sp³-hybridized carbons (Fsp3) is 0.652. The van der Waals surface area contributed by atoms with Crippen LogP contribution in [-0.2, 0) is 14.3 Å². The molecule has 0 aromatic heterocycles. The number of esters is 1. The molecule has 0 unspecified atom stereocenters. The van der Waals surface area contributed by atoms with Gasteiger partial charge in [0.2, 0.25) is 0 Å². The summed E-state index contributed by atoms with van der Waals surface area (Å²) in [6, 6.07) is 0. The van der Waals surface area contributed by atoms with Gasteiger partial charge >= 0.3 is 5.97 Å². The molecule has 0 aliphatic carbocycles.